The molecule has 3 nitrogen and oxygen atoms in total. The number of aliphatic hydroxyl groups is 1. The Morgan fingerprint density at radius 2 is 2.07 bits per heavy atom. The van der Waals surface area contributed by atoms with E-state index < -0.39 is 0 Å². The van der Waals surface area contributed by atoms with Crippen molar-refractivity contribution in [3.05, 3.63) is 0 Å². The van der Waals surface area contributed by atoms with Gasteiger partial charge in [0.25, 0.3) is 0 Å². The van der Waals surface area contributed by atoms with Crippen LogP contribution < -0.4 is 0 Å². The van der Waals surface area contributed by atoms with Crippen LogP contribution >= 0.6 is 0 Å². The summed E-state index contributed by atoms with van der Waals surface area (Å²) in [6.45, 7) is 1.16. The maximum atomic E-state index is 8.74. The van der Waals surface area contributed by atoms with Gasteiger partial charge in [0.2, 0.25) is 0 Å². The minimum Gasteiger partial charge on any atom is -0.396 e. The van der Waals surface area contributed by atoms with Crippen LogP contribution in [0.5, 0.6) is 0 Å². The molecule has 88 valence electrons. The molecular formula is C12H22O3. The van der Waals surface area contributed by atoms with Crippen LogP contribution in [0.15, 0.2) is 0 Å². The van der Waals surface area contributed by atoms with E-state index in [2.05, 4.69) is 0 Å². The van der Waals surface area contributed by atoms with Gasteiger partial charge >= 0.3 is 0 Å². The van der Waals surface area contributed by atoms with Crippen molar-refractivity contribution >= 4 is 0 Å². The molecule has 0 aliphatic carbocycles. The number of rotatable bonds is 4. The lowest BCUT2D eigenvalue weighted by Crippen LogP contribution is -2.40. The molecule has 2 fully saturated rings. The highest BCUT2D eigenvalue weighted by atomic mass is 16.7. The van der Waals surface area contributed by atoms with Gasteiger partial charge in [-0.3, -0.25) is 0 Å². The SMILES string of the molecule is OCCCCC1CCCC2(CCCO2)O1. The van der Waals surface area contributed by atoms with Crippen LogP contribution in [0.4, 0.5) is 0 Å². The van der Waals surface area contributed by atoms with Crippen molar-refractivity contribution in [3.63, 3.8) is 0 Å². The lowest BCUT2D eigenvalue weighted by Gasteiger charge is -2.37. The fourth-order valence-corrected chi connectivity index (χ4v) is 2.67. The van der Waals surface area contributed by atoms with Crippen LogP contribution in [0.3, 0.4) is 0 Å². The predicted octanol–water partition coefficient (Wildman–Crippen LogP) is 2.22. The molecule has 1 N–H and O–H groups in total. The Kier molecular flexibility index (Phi) is 4.00. The van der Waals surface area contributed by atoms with E-state index in [9.17, 15) is 0 Å². The second-order valence-corrected chi connectivity index (χ2v) is 4.71. The summed E-state index contributed by atoms with van der Waals surface area (Å²) in [5, 5.41) is 8.74. The summed E-state index contributed by atoms with van der Waals surface area (Å²) in [4.78, 5) is 0. The van der Waals surface area contributed by atoms with E-state index in [4.69, 9.17) is 14.6 Å². The van der Waals surface area contributed by atoms with Gasteiger partial charge in [-0.1, -0.05) is 0 Å². The van der Waals surface area contributed by atoms with Gasteiger partial charge in [-0.25, -0.2) is 0 Å². The highest BCUT2D eigenvalue weighted by molar-refractivity contribution is 4.82. The molecule has 15 heavy (non-hydrogen) atoms. The van der Waals surface area contributed by atoms with Crippen LogP contribution in [-0.4, -0.2) is 30.2 Å². The molecule has 0 aromatic rings. The van der Waals surface area contributed by atoms with E-state index in [0.29, 0.717) is 12.7 Å². The number of hydrogen-bond acceptors (Lipinski definition) is 3. The molecule has 2 heterocycles. The molecule has 0 aromatic carbocycles. The Bertz CT molecular complexity index is 187. The smallest absolute Gasteiger partial charge is 0.168 e. The second-order valence-electron chi connectivity index (χ2n) is 4.71. The van der Waals surface area contributed by atoms with Gasteiger partial charge in [0.15, 0.2) is 5.79 Å². The number of aliphatic hydroxyl groups excluding tert-OH is 1. The zero-order valence-electron chi connectivity index (χ0n) is 9.41. The summed E-state index contributed by atoms with van der Waals surface area (Å²) in [6.07, 6.45) is 9.08. The van der Waals surface area contributed by atoms with Crippen LogP contribution in [0, 0.1) is 0 Å². The third-order valence-corrected chi connectivity index (χ3v) is 3.47. The molecule has 0 amide bonds. The fourth-order valence-electron chi connectivity index (χ4n) is 2.67. The Morgan fingerprint density at radius 1 is 1.20 bits per heavy atom. The Balaban J connectivity index is 1.76. The van der Waals surface area contributed by atoms with E-state index in [1.807, 2.05) is 0 Å². The number of hydrogen-bond donors (Lipinski definition) is 1. The summed E-state index contributed by atoms with van der Waals surface area (Å²) in [5.74, 6) is -0.220. The zero-order chi connectivity index (χ0) is 10.6. The molecule has 0 saturated carbocycles. The van der Waals surface area contributed by atoms with Gasteiger partial charge in [0.1, 0.15) is 0 Å². The maximum absolute atomic E-state index is 8.74. The van der Waals surface area contributed by atoms with Crippen LogP contribution in [0.25, 0.3) is 0 Å². The summed E-state index contributed by atoms with van der Waals surface area (Å²) in [5.41, 5.74) is 0. The van der Waals surface area contributed by atoms with Gasteiger partial charge in [-0.15, -0.1) is 0 Å². The largest absolute Gasteiger partial charge is 0.396 e. The summed E-state index contributed by atoms with van der Waals surface area (Å²) < 4.78 is 11.8. The van der Waals surface area contributed by atoms with Crippen molar-refractivity contribution in [2.45, 2.75) is 63.3 Å². The standard InChI is InChI=1S/C12H22O3/c13-9-2-1-5-11-6-3-7-12(15-11)8-4-10-14-12/h11,13H,1-10H2. The van der Waals surface area contributed by atoms with E-state index >= 15 is 0 Å². The lowest BCUT2D eigenvalue weighted by molar-refractivity contribution is -0.258. The highest BCUT2D eigenvalue weighted by Crippen LogP contribution is 2.38. The van der Waals surface area contributed by atoms with E-state index in [-0.39, 0.29) is 5.79 Å². The minimum absolute atomic E-state index is 0.220. The van der Waals surface area contributed by atoms with Crippen molar-refractivity contribution in [1.29, 1.82) is 0 Å². The first-order valence-corrected chi connectivity index (χ1v) is 6.27. The van der Waals surface area contributed by atoms with Gasteiger partial charge in [-0.2, -0.15) is 0 Å². The van der Waals surface area contributed by atoms with Crippen molar-refractivity contribution in [2.24, 2.45) is 0 Å². The fraction of sp³-hybridized carbons (Fsp3) is 1.00. The number of unbranched alkanes of at least 4 members (excludes halogenated alkanes) is 1. The third-order valence-electron chi connectivity index (χ3n) is 3.47. The normalized spacial score (nSPS) is 36.2. The molecule has 3 heteroatoms. The minimum atomic E-state index is -0.220. The summed E-state index contributed by atoms with van der Waals surface area (Å²) in [7, 11) is 0. The molecule has 2 atom stereocenters. The van der Waals surface area contributed by atoms with Crippen LogP contribution in [0.1, 0.15) is 51.4 Å². The molecule has 1 spiro atoms. The first-order chi connectivity index (χ1) is 7.35. The van der Waals surface area contributed by atoms with Crippen molar-refractivity contribution in [1.82, 2.24) is 0 Å². The van der Waals surface area contributed by atoms with Crippen molar-refractivity contribution in [2.75, 3.05) is 13.2 Å². The molecule has 0 aromatic heterocycles. The van der Waals surface area contributed by atoms with Crippen LogP contribution in [0.2, 0.25) is 0 Å². The molecule has 0 bridgehead atoms. The van der Waals surface area contributed by atoms with Gasteiger partial charge in [-0.05, 0) is 38.5 Å². The topological polar surface area (TPSA) is 38.7 Å². The first kappa shape index (κ1) is 11.4. The monoisotopic (exact) mass is 214 g/mol. The van der Waals surface area contributed by atoms with Crippen molar-refractivity contribution < 1.29 is 14.6 Å². The Morgan fingerprint density at radius 3 is 2.80 bits per heavy atom. The average molecular weight is 214 g/mol. The van der Waals surface area contributed by atoms with Gasteiger partial charge in [0, 0.05) is 19.4 Å². The van der Waals surface area contributed by atoms with Crippen molar-refractivity contribution in [3.8, 4) is 0 Å². The van der Waals surface area contributed by atoms with E-state index in [1.165, 1.54) is 6.42 Å². The van der Waals surface area contributed by atoms with Gasteiger partial charge in [0.05, 0.1) is 12.7 Å². The number of ether oxygens (including phenoxy) is 2. The summed E-state index contributed by atoms with van der Waals surface area (Å²) >= 11 is 0. The average Bonchev–Trinajstić information content (AvgIpc) is 2.67. The third kappa shape index (κ3) is 2.92. The molecule has 2 saturated heterocycles. The zero-order valence-corrected chi connectivity index (χ0v) is 9.41. The highest BCUT2D eigenvalue weighted by Gasteiger charge is 2.40. The van der Waals surface area contributed by atoms with E-state index in [0.717, 1.165) is 51.6 Å². The Hall–Kier alpha value is -0.120. The molecule has 2 aliphatic rings. The first-order valence-electron chi connectivity index (χ1n) is 6.27. The molecule has 2 rings (SSSR count). The molecular weight excluding hydrogens is 192 g/mol. The second kappa shape index (κ2) is 5.28. The van der Waals surface area contributed by atoms with Crippen LogP contribution in [-0.2, 0) is 9.47 Å². The van der Waals surface area contributed by atoms with E-state index in [1.54, 1.807) is 0 Å². The predicted molar refractivity (Wildman–Crippen MR) is 57.6 cm³/mol. The summed E-state index contributed by atoms with van der Waals surface area (Å²) in [6, 6.07) is 0. The molecule has 2 unspecified atom stereocenters. The maximum Gasteiger partial charge on any atom is 0.168 e. The Labute approximate surface area is 91.8 Å². The van der Waals surface area contributed by atoms with Gasteiger partial charge < -0.3 is 14.6 Å². The molecule has 0 radical (unpaired) electrons. The molecule has 2 aliphatic heterocycles. The quantitative estimate of drug-likeness (QED) is 0.729. The lowest BCUT2D eigenvalue weighted by atomic mass is 9.96.